The van der Waals surface area contributed by atoms with E-state index in [4.69, 9.17) is 4.74 Å². The van der Waals surface area contributed by atoms with Gasteiger partial charge in [0.15, 0.2) is 0 Å². The van der Waals surface area contributed by atoms with Crippen LogP contribution >= 0.6 is 11.5 Å². The quantitative estimate of drug-likeness (QED) is 0.934. The van der Waals surface area contributed by atoms with Crippen LogP contribution in [-0.2, 0) is 0 Å². The van der Waals surface area contributed by atoms with Gasteiger partial charge in [0.1, 0.15) is 11.9 Å². The van der Waals surface area contributed by atoms with Gasteiger partial charge < -0.3 is 9.84 Å². The molecule has 5 heteroatoms. The predicted molar refractivity (Wildman–Crippen MR) is 75.8 cm³/mol. The first-order valence-electron chi connectivity index (χ1n) is 6.19. The monoisotopic (exact) mass is 278 g/mol. The molecule has 1 aromatic heterocycles. The second-order valence-corrected chi connectivity index (χ2v) is 5.59. The summed E-state index contributed by atoms with van der Waals surface area (Å²) in [6.07, 6.45) is -0.677. The minimum absolute atomic E-state index is 0.252. The zero-order valence-electron chi connectivity index (χ0n) is 11.5. The van der Waals surface area contributed by atoms with Gasteiger partial charge >= 0.3 is 0 Å². The van der Waals surface area contributed by atoms with E-state index in [-0.39, 0.29) is 5.92 Å². The Labute approximate surface area is 117 Å². The highest BCUT2D eigenvalue weighted by molar-refractivity contribution is 7.05. The summed E-state index contributed by atoms with van der Waals surface area (Å²) in [6, 6.07) is 5.67. The van der Waals surface area contributed by atoms with Crippen molar-refractivity contribution in [2.45, 2.75) is 32.8 Å². The topological polar surface area (TPSA) is 55.2 Å². The highest BCUT2D eigenvalue weighted by Gasteiger charge is 2.22. The maximum absolute atomic E-state index is 10.5. The van der Waals surface area contributed by atoms with Gasteiger partial charge in [-0.2, -0.15) is 0 Å². The number of benzene rings is 1. The molecule has 0 fully saturated rings. The van der Waals surface area contributed by atoms with Crippen LogP contribution in [0.15, 0.2) is 18.2 Å². The molecule has 1 atom stereocenters. The molecule has 1 unspecified atom stereocenters. The molecule has 0 aliphatic heterocycles. The molecule has 1 N–H and O–H groups in total. The van der Waals surface area contributed by atoms with E-state index in [9.17, 15) is 5.11 Å². The highest BCUT2D eigenvalue weighted by Crippen LogP contribution is 2.33. The number of aromatic nitrogens is 2. The Morgan fingerprint density at radius 2 is 2.05 bits per heavy atom. The van der Waals surface area contributed by atoms with Crippen molar-refractivity contribution in [1.29, 1.82) is 0 Å². The minimum atomic E-state index is -0.677. The Kier molecular flexibility index (Phi) is 4.17. The standard InChI is InChI=1S/C14H18N2O2S/c1-8(2)12-14(19-16-15-12)13(17)11-6-5-10(18-4)7-9(11)3/h5-8,13,17H,1-4H3. The molecule has 0 radical (unpaired) electrons. The molecule has 19 heavy (non-hydrogen) atoms. The summed E-state index contributed by atoms with van der Waals surface area (Å²) in [5, 5.41) is 14.7. The largest absolute Gasteiger partial charge is 0.497 e. The zero-order valence-corrected chi connectivity index (χ0v) is 12.4. The maximum atomic E-state index is 10.5. The van der Waals surface area contributed by atoms with Crippen molar-refractivity contribution in [3.05, 3.63) is 39.9 Å². The lowest BCUT2D eigenvalue weighted by Crippen LogP contribution is -2.04. The summed E-state index contributed by atoms with van der Waals surface area (Å²) in [6.45, 7) is 6.06. The molecular weight excluding hydrogens is 260 g/mol. The second kappa shape index (κ2) is 5.67. The Morgan fingerprint density at radius 3 is 2.63 bits per heavy atom. The molecule has 0 saturated carbocycles. The lowest BCUT2D eigenvalue weighted by molar-refractivity contribution is 0.221. The van der Waals surface area contributed by atoms with E-state index in [2.05, 4.69) is 9.59 Å². The van der Waals surface area contributed by atoms with Crippen LogP contribution in [0.5, 0.6) is 5.75 Å². The number of aryl methyl sites for hydroxylation is 1. The van der Waals surface area contributed by atoms with E-state index >= 15 is 0 Å². The number of methoxy groups -OCH3 is 1. The van der Waals surface area contributed by atoms with E-state index in [1.165, 1.54) is 11.5 Å². The predicted octanol–water partition coefficient (Wildman–Crippen LogP) is 3.06. The van der Waals surface area contributed by atoms with E-state index in [0.29, 0.717) is 0 Å². The van der Waals surface area contributed by atoms with Crippen molar-refractivity contribution in [3.63, 3.8) is 0 Å². The van der Waals surface area contributed by atoms with Crippen LogP contribution in [0.4, 0.5) is 0 Å². The van der Waals surface area contributed by atoms with E-state index in [1.807, 2.05) is 39.0 Å². The molecule has 2 aromatic rings. The summed E-state index contributed by atoms with van der Waals surface area (Å²) in [4.78, 5) is 0.822. The number of hydrogen-bond acceptors (Lipinski definition) is 5. The Hall–Kier alpha value is -1.46. The highest BCUT2D eigenvalue weighted by atomic mass is 32.1. The van der Waals surface area contributed by atoms with Gasteiger partial charge in [-0.05, 0) is 47.6 Å². The molecule has 0 saturated heterocycles. The van der Waals surface area contributed by atoms with Gasteiger partial charge in [0.2, 0.25) is 0 Å². The smallest absolute Gasteiger partial charge is 0.119 e. The van der Waals surface area contributed by atoms with Crippen LogP contribution in [0.2, 0.25) is 0 Å². The van der Waals surface area contributed by atoms with Crippen LogP contribution in [0.1, 0.15) is 47.6 Å². The number of aliphatic hydroxyl groups is 1. The molecule has 0 bridgehead atoms. The molecule has 0 aliphatic carbocycles. The fraction of sp³-hybridized carbons (Fsp3) is 0.429. The van der Waals surface area contributed by atoms with Crippen LogP contribution in [-0.4, -0.2) is 21.8 Å². The maximum Gasteiger partial charge on any atom is 0.119 e. The van der Waals surface area contributed by atoms with Gasteiger partial charge in [-0.25, -0.2) is 0 Å². The molecule has 0 spiro atoms. The van der Waals surface area contributed by atoms with Gasteiger partial charge in [-0.15, -0.1) is 5.10 Å². The first kappa shape index (κ1) is 14.0. The van der Waals surface area contributed by atoms with E-state index in [0.717, 1.165) is 27.4 Å². The third-order valence-electron chi connectivity index (χ3n) is 3.11. The average molecular weight is 278 g/mol. The average Bonchev–Trinajstić information content (AvgIpc) is 2.87. The van der Waals surface area contributed by atoms with Crippen molar-refractivity contribution in [2.24, 2.45) is 0 Å². The van der Waals surface area contributed by atoms with Crippen molar-refractivity contribution in [2.75, 3.05) is 7.11 Å². The Morgan fingerprint density at radius 1 is 1.32 bits per heavy atom. The summed E-state index contributed by atoms with van der Waals surface area (Å²) >= 11 is 1.26. The van der Waals surface area contributed by atoms with Gasteiger partial charge in [0, 0.05) is 0 Å². The molecule has 0 aliphatic rings. The summed E-state index contributed by atoms with van der Waals surface area (Å²) < 4.78 is 9.14. The van der Waals surface area contributed by atoms with Crippen molar-refractivity contribution >= 4 is 11.5 Å². The lowest BCUT2D eigenvalue weighted by atomic mass is 9.99. The van der Waals surface area contributed by atoms with Crippen molar-refractivity contribution in [1.82, 2.24) is 9.59 Å². The molecule has 1 heterocycles. The van der Waals surface area contributed by atoms with Gasteiger partial charge in [0.25, 0.3) is 0 Å². The van der Waals surface area contributed by atoms with Gasteiger partial charge in [-0.3, -0.25) is 0 Å². The lowest BCUT2D eigenvalue weighted by Gasteiger charge is -2.15. The number of nitrogens with zero attached hydrogens (tertiary/aromatic N) is 2. The first-order valence-corrected chi connectivity index (χ1v) is 6.96. The molecule has 1 aromatic carbocycles. The first-order chi connectivity index (χ1) is 9.04. The second-order valence-electron chi connectivity index (χ2n) is 4.80. The van der Waals surface area contributed by atoms with Crippen molar-refractivity contribution < 1.29 is 9.84 Å². The number of hydrogen-bond donors (Lipinski definition) is 1. The van der Waals surface area contributed by atoms with Gasteiger partial charge in [-0.1, -0.05) is 24.4 Å². The minimum Gasteiger partial charge on any atom is -0.497 e. The summed E-state index contributed by atoms with van der Waals surface area (Å²) in [7, 11) is 1.63. The Balaban J connectivity index is 2.38. The molecule has 102 valence electrons. The number of rotatable bonds is 4. The van der Waals surface area contributed by atoms with Crippen LogP contribution in [0, 0.1) is 6.92 Å². The zero-order chi connectivity index (χ0) is 14.0. The molecule has 0 amide bonds. The molecule has 2 rings (SSSR count). The summed E-state index contributed by atoms with van der Waals surface area (Å²) in [5.74, 6) is 1.04. The fourth-order valence-corrected chi connectivity index (χ4v) is 2.83. The third kappa shape index (κ3) is 2.77. The fourth-order valence-electron chi connectivity index (χ4n) is 2.02. The Bertz CT molecular complexity index is 566. The molecule has 4 nitrogen and oxygen atoms in total. The number of ether oxygens (including phenoxy) is 1. The number of aliphatic hydroxyl groups excluding tert-OH is 1. The van der Waals surface area contributed by atoms with Crippen LogP contribution in [0.25, 0.3) is 0 Å². The SMILES string of the molecule is COc1ccc(C(O)c2snnc2C(C)C)c(C)c1. The van der Waals surface area contributed by atoms with Crippen LogP contribution in [0.3, 0.4) is 0 Å². The molecular formula is C14H18N2O2S. The van der Waals surface area contributed by atoms with E-state index in [1.54, 1.807) is 7.11 Å². The van der Waals surface area contributed by atoms with Crippen molar-refractivity contribution in [3.8, 4) is 5.75 Å². The van der Waals surface area contributed by atoms with E-state index < -0.39 is 6.10 Å². The van der Waals surface area contributed by atoms with Gasteiger partial charge in [0.05, 0.1) is 17.7 Å². The normalized spacial score (nSPS) is 12.7. The summed E-state index contributed by atoms with van der Waals surface area (Å²) in [5.41, 5.74) is 2.73. The third-order valence-corrected chi connectivity index (χ3v) is 3.90. The van der Waals surface area contributed by atoms with Crippen LogP contribution < -0.4 is 4.74 Å².